The molecule has 40 heavy (non-hydrogen) atoms. The van der Waals surface area contributed by atoms with Crippen molar-refractivity contribution in [3.8, 4) is 22.8 Å². The summed E-state index contributed by atoms with van der Waals surface area (Å²) in [5, 5.41) is 14.1. The molecule has 0 spiro atoms. The number of carbonyl (C=O) groups excluding carboxylic acids is 1. The number of carbonyl (C=O) groups is 2. The van der Waals surface area contributed by atoms with Crippen LogP contribution in [-0.4, -0.2) is 40.8 Å². The van der Waals surface area contributed by atoms with Gasteiger partial charge in [-0.2, -0.15) is 0 Å². The van der Waals surface area contributed by atoms with E-state index in [0.717, 1.165) is 28.7 Å². The molecule has 2 N–H and O–H groups in total. The van der Waals surface area contributed by atoms with Crippen LogP contribution in [0.5, 0.6) is 11.5 Å². The second kappa shape index (κ2) is 12.3. The SMILES string of the molecule is COc1cc(-c2nc(NC(=O)c3cc4ccccc4n3CC(=O)O)sc2CCC2CCCCC2)c(OC)cc1Cl. The van der Waals surface area contributed by atoms with Crippen LogP contribution in [-0.2, 0) is 17.8 Å². The topological polar surface area (TPSA) is 103 Å². The van der Waals surface area contributed by atoms with Crippen molar-refractivity contribution in [2.24, 2.45) is 5.92 Å². The van der Waals surface area contributed by atoms with Gasteiger partial charge >= 0.3 is 5.97 Å². The average molecular weight is 582 g/mol. The summed E-state index contributed by atoms with van der Waals surface area (Å²) in [6.45, 7) is -0.326. The number of fused-ring (bicyclic) bond motifs is 1. The molecule has 0 atom stereocenters. The van der Waals surface area contributed by atoms with Gasteiger partial charge in [-0.05, 0) is 37.0 Å². The minimum atomic E-state index is -1.03. The standard InChI is InChI=1S/C30H32ClN3O5S/c1-38-24-16-21(31)25(39-2)15-20(24)28-26(13-12-18-8-4-3-5-9-18)40-30(32-28)33-29(37)23-14-19-10-6-7-11-22(19)34(23)17-27(35)36/h6-7,10-11,14-16,18H,3-5,8-9,12-13,17H2,1-2H3,(H,35,36)(H,32,33,37). The molecule has 8 nitrogen and oxygen atoms in total. The van der Waals surface area contributed by atoms with E-state index in [1.807, 2.05) is 24.3 Å². The van der Waals surface area contributed by atoms with Crippen LogP contribution in [0.1, 0.15) is 53.9 Å². The summed E-state index contributed by atoms with van der Waals surface area (Å²) >= 11 is 7.80. The molecule has 1 aliphatic carbocycles. The number of carboxylic acids is 1. The number of anilines is 1. The van der Waals surface area contributed by atoms with Crippen molar-refractivity contribution in [2.45, 2.75) is 51.5 Å². The first-order valence-electron chi connectivity index (χ1n) is 13.4. The zero-order valence-electron chi connectivity index (χ0n) is 22.5. The summed E-state index contributed by atoms with van der Waals surface area (Å²) in [5.41, 5.74) is 2.39. The Morgan fingerprint density at radius 1 is 1.10 bits per heavy atom. The number of benzene rings is 2. The number of methoxy groups -OCH3 is 2. The number of hydrogen-bond acceptors (Lipinski definition) is 6. The van der Waals surface area contributed by atoms with Gasteiger partial charge in [0.15, 0.2) is 5.13 Å². The quantitative estimate of drug-likeness (QED) is 0.204. The molecule has 0 saturated heterocycles. The molecular formula is C30H32ClN3O5S. The van der Waals surface area contributed by atoms with Gasteiger partial charge in [0.2, 0.25) is 0 Å². The highest BCUT2D eigenvalue weighted by Gasteiger charge is 2.24. The monoisotopic (exact) mass is 581 g/mol. The maximum absolute atomic E-state index is 13.5. The first kappa shape index (κ1) is 28.0. The molecule has 0 unspecified atom stereocenters. The molecule has 10 heteroatoms. The van der Waals surface area contributed by atoms with Crippen LogP contribution in [0.25, 0.3) is 22.2 Å². The number of hydrogen-bond donors (Lipinski definition) is 2. The van der Waals surface area contributed by atoms with Crippen LogP contribution >= 0.6 is 22.9 Å². The number of nitrogens with zero attached hydrogens (tertiary/aromatic N) is 2. The maximum atomic E-state index is 13.5. The van der Waals surface area contributed by atoms with E-state index >= 15 is 0 Å². The number of aromatic nitrogens is 2. The molecular weight excluding hydrogens is 550 g/mol. The molecule has 1 amide bonds. The Kier molecular flexibility index (Phi) is 8.61. The number of rotatable bonds is 10. The Morgan fingerprint density at radius 3 is 2.58 bits per heavy atom. The largest absolute Gasteiger partial charge is 0.496 e. The van der Waals surface area contributed by atoms with Crippen LogP contribution < -0.4 is 14.8 Å². The summed E-state index contributed by atoms with van der Waals surface area (Å²) in [7, 11) is 3.14. The number of carboxylic acid groups (broad SMARTS) is 1. The van der Waals surface area contributed by atoms with E-state index in [9.17, 15) is 14.7 Å². The van der Waals surface area contributed by atoms with Crippen LogP contribution in [0, 0.1) is 5.92 Å². The lowest BCUT2D eigenvalue weighted by Gasteiger charge is -2.21. The smallest absolute Gasteiger partial charge is 0.323 e. The fraction of sp³-hybridized carbons (Fsp3) is 0.367. The van der Waals surface area contributed by atoms with E-state index in [2.05, 4.69) is 5.32 Å². The molecule has 2 aromatic heterocycles. The Labute approximate surface area is 241 Å². The van der Waals surface area contributed by atoms with Crippen molar-refractivity contribution < 1.29 is 24.2 Å². The molecule has 0 bridgehead atoms. The normalized spacial score (nSPS) is 13.9. The Hall–Kier alpha value is -3.56. The zero-order chi connectivity index (χ0) is 28.2. The highest BCUT2D eigenvalue weighted by Crippen LogP contribution is 2.42. The molecule has 0 aliphatic heterocycles. The van der Waals surface area contributed by atoms with Crippen molar-refractivity contribution in [3.63, 3.8) is 0 Å². The molecule has 2 heterocycles. The van der Waals surface area contributed by atoms with Crippen LogP contribution in [0.3, 0.4) is 0 Å². The van der Waals surface area contributed by atoms with Gasteiger partial charge in [0.05, 0.1) is 24.9 Å². The van der Waals surface area contributed by atoms with Gasteiger partial charge in [-0.1, -0.05) is 61.9 Å². The summed E-state index contributed by atoms with van der Waals surface area (Å²) in [4.78, 5) is 31.0. The fourth-order valence-electron chi connectivity index (χ4n) is 5.51. The third-order valence-corrected chi connectivity index (χ3v) is 8.81. The van der Waals surface area contributed by atoms with Gasteiger partial charge < -0.3 is 19.1 Å². The third-order valence-electron chi connectivity index (χ3n) is 7.49. The van der Waals surface area contributed by atoms with Crippen molar-refractivity contribution in [3.05, 3.63) is 58.1 Å². The van der Waals surface area contributed by atoms with E-state index in [0.29, 0.717) is 38.8 Å². The first-order valence-corrected chi connectivity index (χ1v) is 14.6. The molecule has 1 aliphatic rings. The van der Waals surface area contributed by atoms with Crippen LogP contribution in [0.4, 0.5) is 5.13 Å². The van der Waals surface area contributed by atoms with Gasteiger partial charge in [0.1, 0.15) is 23.7 Å². The Balaban J connectivity index is 1.51. The van der Waals surface area contributed by atoms with Gasteiger partial charge in [0, 0.05) is 27.4 Å². The van der Waals surface area contributed by atoms with Gasteiger partial charge in [0.25, 0.3) is 5.91 Å². The van der Waals surface area contributed by atoms with Crippen molar-refractivity contribution in [1.82, 2.24) is 9.55 Å². The molecule has 1 saturated carbocycles. The maximum Gasteiger partial charge on any atom is 0.323 e. The van der Waals surface area contributed by atoms with Gasteiger partial charge in [-0.3, -0.25) is 14.9 Å². The fourth-order valence-corrected chi connectivity index (χ4v) is 6.72. The summed E-state index contributed by atoms with van der Waals surface area (Å²) in [5.74, 6) is 0.301. The van der Waals surface area contributed by atoms with E-state index < -0.39 is 11.9 Å². The van der Waals surface area contributed by atoms with E-state index in [4.69, 9.17) is 26.1 Å². The highest BCUT2D eigenvalue weighted by molar-refractivity contribution is 7.16. The molecule has 1 fully saturated rings. The van der Waals surface area contributed by atoms with E-state index in [1.54, 1.807) is 32.4 Å². The molecule has 210 valence electrons. The summed E-state index contributed by atoms with van der Waals surface area (Å²) in [6, 6.07) is 12.6. The van der Waals surface area contributed by atoms with Crippen molar-refractivity contribution >= 4 is 50.8 Å². The first-order chi connectivity index (χ1) is 19.4. The number of aryl methyl sites for hydroxylation is 1. The molecule has 2 aromatic carbocycles. The van der Waals surface area contributed by atoms with Crippen molar-refractivity contribution in [2.75, 3.05) is 19.5 Å². The number of ether oxygens (including phenoxy) is 2. The number of nitrogens with one attached hydrogen (secondary N) is 1. The van der Waals surface area contributed by atoms with E-state index in [1.165, 1.54) is 48.0 Å². The number of halogens is 1. The molecule has 5 rings (SSSR count). The van der Waals surface area contributed by atoms with Gasteiger partial charge in [-0.25, -0.2) is 4.98 Å². The minimum absolute atomic E-state index is 0.259. The Morgan fingerprint density at radius 2 is 1.85 bits per heavy atom. The lowest BCUT2D eigenvalue weighted by molar-refractivity contribution is -0.137. The average Bonchev–Trinajstić information content (AvgIpc) is 3.53. The van der Waals surface area contributed by atoms with E-state index in [-0.39, 0.29) is 12.2 Å². The second-order valence-corrected chi connectivity index (χ2v) is 11.5. The predicted octanol–water partition coefficient (Wildman–Crippen LogP) is 7.29. The Bertz CT molecular complexity index is 1540. The summed E-state index contributed by atoms with van der Waals surface area (Å²) < 4.78 is 12.6. The van der Waals surface area contributed by atoms with Crippen molar-refractivity contribution in [1.29, 1.82) is 0 Å². The molecule has 0 radical (unpaired) electrons. The third kappa shape index (κ3) is 5.95. The van der Waals surface area contributed by atoms with Crippen LogP contribution in [0.15, 0.2) is 42.5 Å². The summed E-state index contributed by atoms with van der Waals surface area (Å²) in [6.07, 6.45) is 8.19. The highest BCUT2D eigenvalue weighted by atomic mass is 35.5. The second-order valence-electron chi connectivity index (χ2n) is 10.0. The molecule has 4 aromatic rings. The number of amides is 1. The lowest BCUT2D eigenvalue weighted by atomic mass is 9.86. The van der Waals surface area contributed by atoms with Crippen LogP contribution in [0.2, 0.25) is 5.02 Å². The zero-order valence-corrected chi connectivity index (χ0v) is 24.1. The number of aliphatic carboxylic acids is 1. The predicted molar refractivity (Wildman–Crippen MR) is 158 cm³/mol. The number of para-hydroxylation sites is 1. The van der Waals surface area contributed by atoms with Gasteiger partial charge in [-0.15, -0.1) is 11.3 Å². The number of thiazole rings is 1. The minimum Gasteiger partial charge on any atom is -0.496 e. The lowest BCUT2D eigenvalue weighted by Crippen LogP contribution is -2.19.